The van der Waals surface area contributed by atoms with E-state index in [4.69, 9.17) is 10.1 Å². The zero-order valence-electron chi connectivity index (χ0n) is 13.0. The number of nitrogens with zero attached hydrogens (tertiary/aromatic N) is 2. The first-order chi connectivity index (χ1) is 10.7. The Bertz CT molecular complexity index is 608. The zero-order valence-corrected chi connectivity index (χ0v) is 13.0. The quantitative estimate of drug-likeness (QED) is 0.556. The highest BCUT2D eigenvalue weighted by Crippen LogP contribution is 2.62. The monoisotopic (exact) mass is 295 g/mol. The van der Waals surface area contributed by atoms with Gasteiger partial charge in [-0.2, -0.15) is 0 Å². The van der Waals surface area contributed by atoms with E-state index in [0.29, 0.717) is 23.5 Å². The molecule has 0 aromatic heterocycles. The van der Waals surface area contributed by atoms with Crippen LogP contribution in [0.15, 0.2) is 36.4 Å². The van der Waals surface area contributed by atoms with E-state index in [1.165, 1.54) is 44.1 Å². The molecular formula is C19H23N2O+. The van der Waals surface area contributed by atoms with Crippen molar-refractivity contribution in [1.82, 2.24) is 0 Å². The van der Waals surface area contributed by atoms with Gasteiger partial charge < -0.3 is 4.74 Å². The van der Waals surface area contributed by atoms with Gasteiger partial charge in [-0.1, -0.05) is 18.7 Å². The molecule has 0 aliphatic heterocycles. The minimum absolute atomic E-state index is 0.319. The second-order valence-electron chi connectivity index (χ2n) is 7.66. The SMILES string of the molecule is C=C(COc1ccccc1[N+]#N)C12CC3CC(CC(C3)C1)C2. The van der Waals surface area contributed by atoms with E-state index in [0.717, 1.165) is 17.8 Å². The Balaban J connectivity index is 1.48. The number of para-hydroxylation sites is 1. The van der Waals surface area contributed by atoms with Crippen LogP contribution in [0.3, 0.4) is 0 Å². The van der Waals surface area contributed by atoms with E-state index >= 15 is 0 Å². The molecule has 0 radical (unpaired) electrons. The lowest BCUT2D eigenvalue weighted by Crippen LogP contribution is -2.47. The molecule has 114 valence electrons. The Kier molecular flexibility index (Phi) is 3.22. The van der Waals surface area contributed by atoms with Gasteiger partial charge in [-0.3, -0.25) is 0 Å². The topological polar surface area (TPSA) is 37.4 Å². The van der Waals surface area contributed by atoms with Crippen LogP contribution in [-0.2, 0) is 0 Å². The van der Waals surface area contributed by atoms with E-state index in [-0.39, 0.29) is 0 Å². The summed E-state index contributed by atoms with van der Waals surface area (Å²) < 4.78 is 5.93. The van der Waals surface area contributed by atoms with Crippen LogP contribution in [0.2, 0.25) is 0 Å². The second-order valence-corrected chi connectivity index (χ2v) is 7.66. The fourth-order valence-corrected chi connectivity index (χ4v) is 5.52. The first kappa shape index (κ1) is 13.8. The van der Waals surface area contributed by atoms with E-state index < -0.39 is 0 Å². The normalized spacial score (nSPS) is 35.1. The predicted octanol–water partition coefficient (Wildman–Crippen LogP) is 5.32. The third kappa shape index (κ3) is 2.22. The molecule has 3 nitrogen and oxygen atoms in total. The molecule has 0 heterocycles. The summed E-state index contributed by atoms with van der Waals surface area (Å²) in [5.74, 6) is 3.39. The van der Waals surface area contributed by atoms with Gasteiger partial charge >= 0.3 is 5.69 Å². The molecule has 4 aliphatic rings. The maximum atomic E-state index is 9.04. The van der Waals surface area contributed by atoms with Gasteiger partial charge in [-0.15, -0.1) is 0 Å². The molecule has 0 unspecified atom stereocenters. The average molecular weight is 295 g/mol. The summed E-state index contributed by atoms with van der Waals surface area (Å²) in [6.45, 7) is 4.94. The summed E-state index contributed by atoms with van der Waals surface area (Å²) in [5.41, 5.74) is 2.06. The van der Waals surface area contributed by atoms with Crippen molar-refractivity contribution in [3.8, 4) is 5.75 Å². The Morgan fingerprint density at radius 3 is 2.32 bits per heavy atom. The molecule has 1 aromatic carbocycles. The minimum Gasteiger partial charge on any atom is -0.481 e. The van der Waals surface area contributed by atoms with Crippen molar-refractivity contribution in [2.75, 3.05) is 6.61 Å². The standard InChI is InChI=1S/C19H23N2O/c1-13(12-22-18-5-3-2-4-17(18)21-20)19-9-14-6-15(10-19)8-16(7-14)11-19/h2-5,14-16H,1,6-12H2/q+1. The largest absolute Gasteiger partial charge is 0.481 e. The van der Waals surface area contributed by atoms with Gasteiger partial charge in [0.15, 0.2) is 4.98 Å². The van der Waals surface area contributed by atoms with Gasteiger partial charge in [0, 0.05) is 6.07 Å². The lowest BCUT2D eigenvalue weighted by atomic mass is 9.48. The highest BCUT2D eigenvalue weighted by molar-refractivity contribution is 5.56. The van der Waals surface area contributed by atoms with Crippen LogP contribution in [0.1, 0.15) is 38.5 Å². The van der Waals surface area contributed by atoms with E-state index in [1.54, 1.807) is 6.07 Å². The highest BCUT2D eigenvalue weighted by Gasteiger charge is 2.52. The van der Waals surface area contributed by atoms with Crippen LogP contribution >= 0.6 is 0 Å². The Morgan fingerprint density at radius 2 is 1.73 bits per heavy atom. The maximum Gasteiger partial charge on any atom is 0.426 e. The molecule has 4 fully saturated rings. The first-order valence-corrected chi connectivity index (χ1v) is 8.44. The van der Waals surface area contributed by atoms with Gasteiger partial charge in [-0.25, -0.2) is 0 Å². The van der Waals surface area contributed by atoms with Crippen LogP contribution in [0.5, 0.6) is 5.75 Å². The summed E-state index contributed by atoms with van der Waals surface area (Å²) in [7, 11) is 0. The molecule has 0 spiro atoms. The van der Waals surface area contributed by atoms with Crippen molar-refractivity contribution >= 4 is 5.69 Å². The number of benzene rings is 1. The molecule has 5 rings (SSSR count). The van der Waals surface area contributed by atoms with Gasteiger partial charge in [0.1, 0.15) is 6.61 Å². The number of ether oxygens (including phenoxy) is 1. The summed E-state index contributed by atoms with van der Waals surface area (Å²) in [5, 5.41) is 9.04. The fourth-order valence-electron chi connectivity index (χ4n) is 5.52. The zero-order chi connectivity index (χ0) is 15.2. The Hall–Kier alpha value is -1.82. The molecule has 1 aromatic rings. The molecule has 22 heavy (non-hydrogen) atoms. The van der Waals surface area contributed by atoms with Crippen molar-refractivity contribution in [3.63, 3.8) is 0 Å². The first-order valence-electron chi connectivity index (χ1n) is 8.44. The maximum absolute atomic E-state index is 9.04. The average Bonchev–Trinajstić information content (AvgIpc) is 2.51. The van der Waals surface area contributed by atoms with Crippen molar-refractivity contribution < 1.29 is 4.74 Å². The molecule has 0 atom stereocenters. The summed E-state index contributed by atoms with van der Waals surface area (Å²) in [6, 6.07) is 7.35. The van der Waals surface area contributed by atoms with Crippen molar-refractivity contribution in [3.05, 3.63) is 41.4 Å². The minimum atomic E-state index is 0.319. The predicted molar refractivity (Wildman–Crippen MR) is 86.4 cm³/mol. The number of hydrogen-bond acceptors (Lipinski definition) is 2. The molecule has 4 aliphatic carbocycles. The third-order valence-electron chi connectivity index (χ3n) is 6.16. The second kappa shape index (κ2) is 5.12. The summed E-state index contributed by atoms with van der Waals surface area (Å²) >= 11 is 0. The molecule has 4 bridgehead atoms. The van der Waals surface area contributed by atoms with Crippen molar-refractivity contribution in [1.29, 1.82) is 5.39 Å². The third-order valence-corrected chi connectivity index (χ3v) is 6.16. The Morgan fingerprint density at radius 1 is 1.14 bits per heavy atom. The molecular weight excluding hydrogens is 272 g/mol. The molecule has 0 N–H and O–H groups in total. The molecule has 4 saturated carbocycles. The summed E-state index contributed by atoms with van der Waals surface area (Å²) in [6.07, 6.45) is 8.27. The van der Waals surface area contributed by atoms with Gasteiger partial charge in [0.25, 0.3) is 0 Å². The molecule has 0 amide bonds. The smallest absolute Gasteiger partial charge is 0.426 e. The van der Waals surface area contributed by atoms with E-state index in [9.17, 15) is 0 Å². The van der Waals surface area contributed by atoms with E-state index in [1.807, 2.05) is 18.2 Å². The number of rotatable bonds is 4. The highest BCUT2D eigenvalue weighted by atomic mass is 16.5. The van der Waals surface area contributed by atoms with Crippen LogP contribution < -0.4 is 4.74 Å². The lowest BCUT2D eigenvalue weighted by Gasteiger charge is -2.57. The Labute approximate surface area is 132 Å². The van der Waals surface area contributed by atoms with Crippen LogP contribution in [0.25, 0.3) is 4.98 Å². The van der Waals surface area contributed by atoms with Crippen molar-refractivity contribution in [2.24, 2.45) is 23.2 Å². The summed E-state index contributed by atoms with van der Waals surface area (Å²) in [4.78, 5) is 3.29. The fraction of sp³-hybridized carbons (Fsp3) is 0.579. The molecule has 3 heteroatoms. The van der Waals surface area contributed by atoms with Crippen LogP contribution in [0, 0.1) is 28.6 Å². The number of hydrogen-bond donors (Lipinski definition) is 0. The van der Waals surface area contributed by atoms with Crippen LogP contribution in [-0.4, -0.2) is 6.61 Å². The van der Waals surface area contributed by atoms with Gasteiger partial charge in [0.05, 0.1) is 0 Å². The van der Waals surface area contributed by atoms with Gasteiger partial charge in [-0.05, 0) is 73.3 Å². The number of diazo groups is 1. The van der Waals surface area contributed by atoms with E-state index in [2.05, 4.69) is 11.6 Å². The lowest BCUT2D eigenvalue weighted by molar-refractivity contribution is -0.0340. The molecule has 0 saturated heterocycles. The van der Waals surface area contributed by atoms with Gasteiger partial charge in [0.2, 0.25) is 11.1 Å². The van der Waals surface area contributed by atoms with Crippen molar-refractivity contribution in [2.45, 2.75) is 38.5 Å². The van der Waals surface area contributed by atoms with Crippen LogP contribution in [0.4, 0.5) is 5.69 Å².